The second kappa shape index (κ2) is 14.6. The van der Waals surface area contributed by atoms with E-state index in [0.29, 0.717) is 16.5 Å². The Morgan fingerprint density at radius 3 is 1.76 bits per heavy atom. The SMILES string of the molecule is [2H]c1cc(N(c2c([2H])c([2H])c(-c3ccc4c(c3)c(-c3ccccc3)c(-c3ccccc3)c3ccccc34)c([2H])c2[2H])c2c([2H])c([2H])c([2H])c(-c3cccc4ccccc34)c2[2H])c2c([2H])c([2H])c([2H])c([2H])c2c1[2H]. The zero-order valence-corrected chi connectivity index (χ0v) is 31.4. The van der Waals surface area contributed by atoms with Crippen molar-refractivity contribution in [3.63, 3.8) is 0 Å². The summed E-state index contributed by atoms with van der Waals surface area (Å²) in [5.74, 6) is 0. The Morgan fingerprint density at radius 1 is 0.322 bits per heavy atom. The number of hydrogen-bond acceptors (Lipinski definition) is 1. The number of hydrogen-bond donors (Lipinski definition) is 0. The molecule has 11 rings (SSSR count). The Balaban J connectivity index is 1.25. The Bertz CT molecular complexity index is 4110. The Labute approximate surface area is 364 Å². The minimum absolute atomic E-state index is 0.0835. The van der Waals surface area contributed by atoms with Gasteiger partial charge in [0.15, 0.2) is 0 Å². The zero-order chi connectivity index (χ0) is 51.3. The van der Waals surface area contributed by atoms with E-state index in [-0.39, 0.29) is 22.2 Å². The van der Waals surface area contributed by atoms with Crippen molar-refractivity contribution in [1.29, 1.82) is 0 Å². The summed E-state index contributed by atoms with van der Waals surface area (Å²) in [4.78, 5) is 0.980. The first-order valence-corrected chi connectivity index (χ1v) is 19.2. The lowest BCUT2D eigenvalue weighted by Crippen LogP contribution is -2.10. The van der Waals surface area contributed by atoms with E-state index < -0.39 is 101 Å². The number of benzene rings is 11. The highest BCUT2D eigenvalue weighted by Gasteiger charge is 2.20. The molecule has 0 atom stereocenters. The highest BCUT2D eigenvalue weighted by atomic mass is 15.1. The molecule has 0 aliphatic carbocycles. The molecule has 0 unspecified atom stereocenters. The van der Waals surface area contributed by atoms with E-state index in [1.165, 1.54) is 0 Å². The fourth-order valence-corrected chi connectivity index (χ4v) is 8.12. The van der Waals surface area contributed by atoms with Gasteiger partial charge >= 0.3 is 0 Å². The van der Waals surface area contributed by atoms with E-state index >= 15 is 0 Å². The highest BCUT2D eigenvalue weighted by molar-refractivity contribution is 6.22. The van der Waals surface area contributed by atoms with Crippen LogP contribution in [-0.4, -0.2) is 0 Å². The lowest BCUT2D eigenvalue weighted by molar-refractivity contribution is 1.30. The number of fused-ring (bicyclic) bond motifs is 5. The van der Waals surface area contributed by atoms with Crippen LogP contribution in [0.4, 0.5) is 17.1 Å². The molecule has 0 saturated carbocycles. The number of anilines is 3. The van der Waals surface area contributed by atoms with E-state index in [0.717, 1.165) is 60.2 Å². The largest absolute Gasteiger partial charge is 0.310 e. The van der Waals surface area contributed by atoms with Crippen LogP contribution in [0.5, 0.6) is 0 Å². The summed E-state index contributed by atoms with van der Waals surface area (Å²) in [7, 11) is 0. The quantitative estimate of drug-likeness (QED) is 0.146. The third kappa shape index (κ3) is 6.12. The molecule has 0 spiro atoms. The van der Waals surface area contributed by atoms with Crippen molar-refractivity contribution in [2.24, 2.45) is 0 Å². The fraction of sp³-hybridized carbons (Fsp3) is 0. The molecule has 0 aliphatic rings. The Morgan fingerprint density at radius 2 is 0.966 bits per heavy atom. The third-order valence-corrected chi connectivity index (χ3v) is 10.8. The van der Waals surface area contributed by atoms with Crippen LogP contribution in [0.1, 0.15) is 19.2 Å². The third-order valence-electron chi connectivity index (χ3n) is 10.8. The fourth-order valence-electron chi connectivity index (χ4n) is 8.12. The average Bonchev–Trinajstić information content (AvgIpc) is 3.41. The molecular formula is C58H39N. The lowest BCUT2D eigenvalue weighted by Gasteiger charge is -2.27. The van der Waals surface area contributed by atoms with Gasteiger partial charge in [0.05, 0.1) is 24.9 Å². The van der Waals surface area contributed by atoms with Crippen LogP contribution in [0, 0.1) is 0 Å². The first-order chi connectivity index (χ1) is 35.1. The molecule has 276 valence electrons. The lowest BCUT2D eigenvalue weighted by atomic mass is 9.84. The predicted molar refractivity (Wildman–Crippen MR) is 253 cm³/mol. The Kier molecular flexibility index (Phi) is 5.67. The van der Waals surface area contributed by atoms with Gasteiger partial charge < -0.3 is 4.90 Å². The molecule has 11 aromatic rings. The molecule has 0 heterocycles. The zero-order valence-electron chi connectivity index (χ0n) is 45.4. The van der Waals surface area contributed by atoms with Crippen molar-refractivity contribution in [3.8, 4) is 44.5 Å². The minimum atomic E-state index is -0.736. The maximum Gasteiger partial charge on any atom is 0.0651 e. The smallest absolute Gasteiger partial charge is 0.0651 e. The molecule has 1 heteroatoms. The molecule has 0 bridgehead atoms. The van der Waals surface area contributed by atoms with Crippen molar-refractivity contribution in [2.75, 3.05) is 4.90 Å². The van der Waals surface area contributed by atoms with Gasteiger partial charge in [0.1, 0.15) is 0 Å². The van der Waals surface area contributed by atoms with Crippen LogP contribution in [0.3, 0.4) is 0 Å². The van der Waals surface area contributed by atoms with Crippen LogP contribution in [0.2, 0.25) is 0 Å². The van der Waals surface area contributed by atoms with Gasteiger partial charge in [0.2, 0.25) is 0 Å². The predicted octanol–water partition coefficient (Wildman–Crippen LogP) is 16.4. The van der Waals surface area contributed by atoms with Crippen molar-refractivity contribution < 1.29 is 19.2 Å². The summed E-state index contributed by atoms with van der Waals surface area (Å²) < 4.78 is 131. The second-order valence-electron chi connectivity index (χ2n) is 14.1. The highest BCUT2D eigenvalue weighted by Crippen LogP contribution is 2.46. The molecule has 59 heavy (non-hydrogen) atoms. The van der Waals surface area contributed by atoms with Crippen molar-refractivity contribution in [2.45, 2.75) is 0 Å². The summed E-state index contributed by atoms with van der Waals surface area (Å²) in [6.07, 6.45) is 0. The summed E-state index contributed by atoms with van der Waals surface area (Å²) in [5.41, 5.74) is 2.79. The Hall–Kier alpha value is -7.74. The summed E-state index contributed by atoms with van der Waals surface area (Å²) in [6, 6.07) is 38.3. The minimum Gasteiger partial charge on any atom is -0.310 e. The van der Waals surface area contributed by atoms with Gasteiger partial charge in [-0.05, 0) is 119 Å². The van der Waals surface area contributed by atoms with Gasteiger partial charge in [-0.3, -0.25) is 0 Å². The number of nitrogens with zero attached hydrogens (tertiary/aromatic N) is 1. The molecule has 0 fully saturated rings. The molecule has 0 aromatic heterocycles. The molecule has 0 aliphatic heterocycles. The molecule has 0 N–H and O–H groups in total. The van der Waals surface area contributed by atoms with Crippen LogP contribution in [0.15, 0.2) is 236 Å². The van der Waals surface area contributed by atoms with Gasteiger partial charge in [0, 0.05) is 16.8 Å². The number of rotatable bonds is 7. The standard InChI is InChI=1S/C58H39N/c1-3-18-43(19-4-1)57-54-29-12-11-28-52(54)53-37-34-45(39-55(53)58(57)44-20-5-2-6-21-44)40-32-35-47(36-33-40)59(56-31-15-23-42-17-8-10-27-51(42)56)48-25-13-24-46(38-48)50-30-14-22-41-16-7-9-26-49(41)50/h1-39H/i8D,10D,13D,15D,17D,23D,24D,25D,27D,32D,33D,35D,36D,38D. The van der Waals surface area contributed by atoms with Crippen LogP contribution < -0.4 is 4.90 Å². The van der Waals surface area contributed by atoms with Gasteiger partial charge in [-0.1, -0.05) is 200 Å². The summed E-state index contributed by atoms with van der Waals surface area (Å²) in [6.45, 7) is 0. The van der Waals surface area contributed by atoms with Crippen LogP contribution in [-0.2, 0) is 0 Å². The molecule has 0 amide bonds. The topological polar surface area (TPSA) is 3.24 Å². The van der Waals surface area contributed by atoms with E-state index in [9.17, 15) is 12.3 Å². The molecule has 1 nitrogen and oxygen atoms in total. The summed E-state index contributed by atoms with van der Waals surface area (Å²) >= 11 is 0. The molecule has 0 saturated heterocycles. The van der Waals surface area contributed by atoms with Crippen molar-refractivity contribution in [1.82, 2.24) is 0 Å². The van der Waals surface area contributed by atoms with Crippen molar-refractivity contribution in [3.05, 3.63) is 236 Å². The molecular weight excluding hydrogens is 711 g/mol. The molecule has 11 aromatic carbocycles. The first-order valence-electron chi connectivity index (χ1n) is 26.2. The van der Waals surface area contributed by atoms with E-state index in [1.807, 2.05) is 109 Å². The molecule has 0 radical (unpaired) electrons. The first kappa shape index (κ1) is 22.9. The second-order valence-corrected chi connectivity index (χ2v) is 14.1. The van der Waals surface area contributed by atoms with Gasteiger partial charge in [-0.15, -0.1) is 0 Å². The maximum atomic E-state index is 9.96. The normalized spacial score (nSPS) is 14.7. The van der Waals surface area contributed by atoms with Gasteiger partial charge in [0.25, 0.3) is 0 Å². The van der Waals surface area contributed by atoms with Crippen molar-refractivity contribution >= 4 is 60.2 Å². The van der Waals surface area contributed by atoms with Gasteiger partial charge in [-0.25, -0.2) is 0 Å². The van der Waals surface area contributed by atoms with E-state index in [4.69, 9.17) is 6.85 Å². The average molecular weight is 764 g/mol. The van der Waals surface area contributed by atoms with Gasteiger partial charge in [-0.2, -0.15) is 0 Å². The summed E-state index contributed by atoms with van der Waals surface area (Å²) in [5, 5.41) is 4.23. The maximum absolute atomic E-state index is 9.96. The van der Waals surface area contributed by atoms with Crippen LogP contribution in [0.25, 0.3) is 87.6 Å². The van der Waals surface area contributed by atoms with E-state index in [2.05, 4.69) is 6.07 Å². The van der Waals surface area contributed by atoms with E-state index in [1.54, 1.807) is 30.3 Å². The van der Waals surface area contributed by atoms with Crippen LogP contribution >= 0.6 is 0 Å². The monoisotopic (exact) mass is 763 g/mol.